The van der Waals surface area contributed by atoms with Crippen LogP contribution in [0.2, 0.25) is 0 Å². The molecule has 2 aromatic carbocycles. The topological polar surface area (TPSA) is 86.3 Å². The molecule has 0 radical (unpaired) electrons. The molecule has 2 aromatic rings. The molecular weight excluding hydrogens is 376 g/mol. The van der Waals surface area contributed by atoms with E-state index in [-0.39, 0.29) is 30.9 Å². The average molecular weight is 398 g/mol. The number of hydrogen-bond donors (Lipinski definition) is 1. The van der Waals surface area contributed by atoms with Crippen molar-refractivity contribution in [1.82, 2.24) is 5.32 Å². The van der Waals surface area contributed by atoms with Crippen LogP contribution in [0.4, 0.5) is 5.69 Å². The van der Waals surface area contributed by atoms with Gasteiger partial charge in [-0.3, -0.25) is 9.59 Å². The molecule has 8 heteroatoms. The number of hydrogen-bond acceptors (Lipinski definition) is 6. The molecule has 1 fully saturated rings. The van der Waals surface area contributed by atoms with Crippen LogP contribution in [0.5, 0.6) is 23.0 Å². The Morgan fingerprint density at radius 3 is 2.69 bits per heavy atom. The third kappa shape index (κ3) is 4.21. The number of rotatable bonds is 7. The quantitative estimate of drug-likeness (QED) is 0.718. The molecule has 1 N–H and O–H groups in total. The van der Waals surface area contributed by atoms with Crippen LogP contribution in [0.3, 0.4) is 0 Å². The molecular formula is C21H22N2O6. The van der Waals surface area contributed by atoms with E-state index in [1.807, 2.05) is 12.1 Å². The molecule has 0 aliphatic carbocycles. The van der Waals surface area contributed by atoms with Crippen molar-refractivity contribution in [3.8, 4) is 23.0 Å². The van der Waals surface area contributed by atoms with Gasteiger partial charge in [0, 0.05) is 24.7 Å². The van der Waals surface area contributed by atoms with Crippen LogP contribution in [-0.4, -0.2) is 45.4 Å². The van der Waals surface area contributed by atoms with Crippen LogP contribution in [0.25, 0.3) is 0 Å². The summed E-state index contributed by atoms with van der Waals surface area (Å²) in [6.07, 6.45) is 0.195. The zero-order chi connectivity index (χ0) is 20.2. The zero-order valence-electron chi connectivity index (χ0n) is 16.1. The standard InChI is InChI=1S/C21H22N2O6/c1-26-16-4-2-15(3-5-16)23-12-14(10-20(23)24)21(25)22-8-9-27-17-6-7-18-19(11-17)29-13-28-18/h2-7,11,14H,8-10,12-13H2,1H3,(H,22,25). The summed E-state index contributed by atoms with van der Waals surface area (Å²) in [4.78, 5) is 26.4. The smallest absolute Gasteiger partial charge is 0.231 e. The predicted molar refractivity (Wildman–Crippen MR) is 105 cm³/mol. The van der Waals surface area contributed by atoms with Gasteiger partial charge in [0.2, 0.25) is 18.6 Å². The maximum Gasteiger partial charge on any atom is 0.231 e. The van der Waals surface area contributed by atoms with Gasteiger partial charge in [-0.05, 0) is 36.4 Å². The summed E-state index contributed by atoms with van der Waals surface area (Å²) in [5.74, 6) is 2.11. The lowest BCUT2D eigenvalue weighted by Gasteiger charge is -2.17. The number of carbonyl (C=O) groups excluding carboxylic acids is 2. The average Bonchev–Trinajstić information content (AvgIpc) is 3.37. The third-order valence-electron chi connectivity index (χ3n) is 4.89. The Labute approximate surface area is 168 Å². The van der Waals surface area contributed by atoms with Crippen LogP contribution in [0.15, 0.2) is 42.5 Å². The highest BCUT2D eigenvalue weighted by atomic mass is 16.7. The number of benzene rings is 2. The fraction of sp³-hybridized carbons (Fsp3) is 0.333. The van der Waals surface area contributed by atoms with Crippen molar-refractivity contribution in [2.75, 3.05) is 38.5 Å². The molecule has 0 spiro atoms. The van der Waals surface area contributed by atoms with Crippen LogP contribution in [0, 0.1) is 5.92 Å². The normalized spacial score (nSPS) is 17.3. The van der Waals surface area contributed by atoms with E-state index in [2.05, 4.69) is 5.32 Å². The maximum absolute atomic E-state index is 12.4. The van der Waals surface area contributed by atoms with Crippen LogP contribution in [0.1, 0.15) is 6.42 Å². The van der Waals surface area contributed by atoms with Crippen molar-refractivity contribution in [2.45, 2.75) is 6.42 Å². The summed E-state index contributed by atoms with van der Waals surface area (Å²) < 4.78 is 21.3. The largest absolute Gasteiger partial charge is 0.497 e. The molecule has 2 heterocycles. The molecule has 2 aliphatic heterocycles. The van der Waals surface area contributed by atoms with E-state index in [1.54, 1.807) is 42.3 Å². The summed E-state index contributed by atoms with van der Waals surface area (Å²) in [6.45, 7) is 1.23. The van der Waals surface area contributed by atoms with E-state index in [1.165, 1.54) is 0 Å². The predicted octanol–water partition coefficient (Wildman–Crippen LogP) is 1.97. The van der Waals surface area contributed by atoms with Crippen molar-refractivity contribution in [3.05, 3.63) is 42.5 Å². The van der Waals surface area contributed by atoms with Crippen molar-refractivity contribution < 1.29 is 28.5 Å². The summed E-state index contributed by atoms with van der Waals surface area (Å²) in [7, 11) is 1.59. The van der Waals surface area contributed by atoms with E-state index in [0.717, 1.165) is 11.4 Å². The second kappa shape index (κ2) is 8.30. The van der Waals surface area contributed by atoms with Crippen molar-refractivity contribution in [2.24, 2.45) is 5.92 Å². The number of nitrogens with zero attached hydrogens (tertiary/aromatic N) is 1. The highest BCUT2D eigenvalue weighted by molar-refractivity contribution is 6.00. The lowest BCUT2D eigenvalue weighted by molar-refractivity contribution is -0.126. The van der Waals surface area contributed by atoms with E-state index in [9.17, 15) is 9.59 Å². The van der Waals surface area contributed by atoms with Gasteiger partial charge >= 0.3 is 0 Å². The first kappa shape index (κ1) is 18.9. The molecule has 2 amide bonds. The minimum atomic E-state index is -0.379. The van der Waals surface area contributed by atoms with Crippen molar-refractivity contribution in [1.29, 1.82) is 0 Å². The summed E-state index contributed by atoms with van der Waals surface area (Å²) >= 11 is 0. The minimum Gasteiger partial charge on any atom is -0.497 e. The van der Waals surface area contributed by atoms with Gasteiger partial charge in [-0.25, -0.2) is 0 Å². The molecule has 4 rings (SSSR count). The number of amides is 2. The molecule has 0 saturated carbocycles. The number of fused-ring (bicyclic) bond motifs is 1. The Kier molecular flexibility index (Phi) is 5.41. The molecule has 1 atom stereocenters. The van der Waals surface area contributed by atoms with E-state index < -0.39 is 0 Å². The minimum absolute atomic E-state index is 0.0630. The fourth-order valence-electron chi connectivity index (χ4n) is 3.35. The van der Waals surface area contributed by atoms with Gasteiger partial charge in [0.15, 0.2) is 11.5 Å². The van der Waals surface area contributed by atoms with Crippen molar-refractivity contribution >= 4 is 17.5 Å². The molecule has 2 aliphatic rings. The van der Waals surface area contributed by atoms with Gasteiger partial charge in [-0.1, -0.05) is 0 Å². The molecule has 29 heavy (non-hydrogen) atoms. The fourth-order valence-corrected chi connectivity index (χ4v) is 3.35. The summed E-state index contributed by atoms with van der Waals surface area (Å²) in [5, 5.41) is 2.84. The van der Waals surface area contributed by atoms with Gasteiger partial charge in [-0.2, -0.15) is 0 Å². The van der Waals surface area contributed by atoms with Gasteiger partial charge in [0.25, 0.3) is 0 Å². The Hall–Kier alpha value is -3.42. The molecule has 8 nitrogen and oxygen atoms in total. The summed E-state index contributed by atoms with van der Waals surface area (Å²) in [6, 6.07) is 12.6. The SMILES string of the molecule is COc1ccc(N2CC(C(=O)NCCOc3ccc4c(c3)OCO4)CC2=O)cc1. The second-order valence-electron chi connectivity index (χ2n) is 6.76. The first-order valence-corrected chi connectivity index (χ1v) is 9.38. The monoisotopic (exact) mass is 398 g/mol. The number of methoxy groups -OCH3 is 1. The maximum atomic E-state index is 12.4. The van der Waals surface area contributed by atoms with Crippen LogP contribution >= 0.6 is 0 Å². The number of carbonyl (C=O) groups is 2. The van der Waals surface area contributed by atoms with Gasteiger partial charge in [-0.15, -0.1) is 0 Å². The van der Waals surface area contributed by atoms with Crippen LogP contribution < -0.4 is 29.2 Å². The van der Waals surface area contributed by atoms with E-state index in [0.29, 0.717) is 36.9 Å². The number of nitrogens with one attached hydrogen (secondary N) is 1. The molecule has 1 saturated heterocycles. The summed E-state index contributed by atoms with van der Waals surface area (Å²) in [5.41, 5.74) is 0.761. The highest BCUT2D eigenvalue weighted by Gasteiger charge is 2.34. The second-order valence-corrected chi connectivity index (χ2v) is 6.76. The van der Waals surface area contributed by atoms with Gasteiger partial charge in [0.05, 0.1) is 19.6 Å². The molecule has 1 unspecified atom stereocenters. The first-order chi connectivity index (χ1) is 14.1. The Morgan fingerprint density at radius 1 is 1.14 bits per heavy atom. The number of ether oxygens (including phenoxy) is 4. The Balaban J connectivity index is 1.24. The first-order valence-electron chi connectivity index (χ1n) is 9.38. The van der Waals surface area contributed by atoms with Gasteiger partial charge < -0.3 is 29.2 Å². The molecule has 0 bridgehead atoms. The van der Waals surface area contributed by atoms with Gasteiger partial charge in [0.1, 0.15) is 18.1 Å². The lowest BCUT2D eigenvalue weighted by Crippen LogP contribution is -2.35. The lowest BCUT2D eigenvalue weighted by atomic mass is 10.1. The zero-order valence-corrected chi connectivity index (χ0v) is 16.1. The van der Waals surface area contributed by atoms with E-state index in [4.69, 9.17) is 18.9 Å². The Bertz CT molecular complexity index is 899. The highest BCUT2D eigenvalue weighted by Crippen LogP contribution is 2.35. The van der Waals surface area contributed by atoms with E-state index >= 15 is 0 Å². The van der Waals surface area contributed by atoms with Crippen LogP contribution in [-0.2, 0) is 9.59 Å². The Morgan fingerprint density at radius 2 is 1.90 bits per heavy atom. The molecule has 0 aromatic heterocycles. The third-order valence-corrected chi connectivity index (χ3v) is 4.89. The number of anilines is 1. The van der Waals surface area contributed by atoms with Crippen molar-refractivity contribution in [3.63, 3.8) is 0 Å². The molecule has 152 valence electrons.